The predicted octanol–water partition coefficient (Wildman–Crippen LogP) is 1.85. The molecule has 1 heterocycles. The zero-order chi connectivity index (χ0) is 13.2. The summed E-state index contributed by atoms with van der Waals surface area (Å²) in [5.74, 6) is -3.07. The fraction of sp³-hybridized carbons (Fsp3) is 0.250. The summed E-state index contributed by atoms with van der Waals surface area (Å²) in [5, 5.41) is 10.5. The van der Waals surface area contributed by atoms with Gasteiger partial charge in [0.2, 0.25) is 5.95 Å². The molecule has 0 fully saturated rings. The van der Waals surface area contributed by atoms with Gasteiger partial charge in [0.15, 0.2) is 5.56 Å². The van der Waals surface area contributed by atoms with Crippen molar-refractivity contribution < 1.29 is 27.6 Å². The zero-order valence-electron chi connectivity index (χ0n) is 8.32. The van der Waals surface area contributed by atoms with Crippen molar-refractivity contribution in [3.63, 3.8) is 0 Å². The Morgan fingerprint density at radius 1 is 1.59 bits per heavy atom. The van der Waals surface area contributed by atoms with E-state index in [1.807, 2.05) is 0 Å². The van der Waals surface area contributed by atoms with E-state index in [9.17, 15) is 28.1 Å². The lowest BCUT2D eigenvalue weighted by atomic mass is 10.1. The molecule has 0 unspecified atom stereocenters. The molecule has 0 saturated carbocycles. The van der Waals surface area contributed by atoms with Gasteiger partial charge in [-0.1, -0.05) is 0 Å². The molecule has 1 aromatic heterocycles. The number of carbonyl (C=O) groups is 1. The summed E-state index contributed by atoms with van der Waals surface area (Å²) >= 11 is 0. The summed E-state index contributed by atoms with van der Waals surface area (Å²) in [6.45, 7) is 0. The molecule has 92 valence electrons. The molecular weight excluding hydrogens is 245 g/mol. The van der Waals surface area contributed by atoms with Crippen LogP contribution in [0, 0.1) is 16.1 Å². The number of halogens is 3. The van der Waals surface area contributed by atoms with Gasteiger partial charge in [-0.25, -0.2) is 18.6 Å². The van der Waals surface area contributed by atoms with E-state index in [1.54, 1.807) is 0 Å². The Morgan fingerprint density at radius 3 is 2.59 bits per heavy atom. The molecular formula is C8H5F3N2O4. The van der Waals surface area contributed by atoms with E-state index in [1.165, 1.54) is 0 Å². The summed E-state index contributed by atoms with van der Waals surface area (Å²) in [6, 6.07) is 0. The van der Waals surface area contributed by atoms with E-state index in [4.69, 9.17) is 0 Å². The van der Waals surface area contributed by atoms with Crippen LogP contribution in [0.4, 0.5) is 18.9 Å². The normalized spacial score (nSPS) is 10.4. The van der Waals surface area contributed by atoms with Crippen LogP contribution in [0.3, 0.4) is 0 Å². The molecule has 0 aliphatic rings. The number of hydrogen-bond donors (Lipinski definition) is 0. The second-order valence-electron chi connectivity index (χ2n) is 2.77. The van der Waals surface area contributed by atoms with Crippen LogP contribution < -0.4 is 0 Å². The van der Waals surface area contributed by atoms with Crippen molar-refractivity contribution in [1.82, 2.24) is 4.98 Å². The highest BCUT2D eigenvalue weighted by Crippen LogP contribution is 2.31. The minimum Gasteiger partial charge on any atom is -0.465 e. The van der Waals surface area contributed by atoms with Gasteiger partial charge in [0, 0.05) is 0 Å². The fourth-order valence-corrected chi connectivity index (χ4v) is 1.15. The second-order valence-corrected chi connectivity index (χ2v) is 2.77. The first kappa shape index (κ1) is 12.9. The monoisotopic (exact) mass is 250 g/mol. The average molecular weight is 250 g/mol. The summed E-state index contributed by atoms with van der Waals surface area (Å²) in [4.78, 5) is 23.4. The molecule has 0 bridgehead atoms. The van der Waals surface area contributed by atoms with Gasteiger partial charge in [-0.3, -0.25) is 10.1 Å². The van der Waals surface area contributed by atoms with E-state index < -0.39 is 40.1 Å². The lowest BCUT2D eigenvalue weighted by Crippen LogP contribution is -2.13. The van der Waals surface area contributed by atoms with Gasteiger partial charge in [-0.05, 0) is 0 Å². The Balaban J connectivity index is 3.61. The van der Waals surface area contributed by atoms with Gasteiger partial charge >= 0.3 is 11.7 Å². The fourth-order valence-electron chi connectivity index (χ4n) is 1.15. The van der Waals surface area contributed by atoms with Crippen LogP contribution in [0.2, 0.25) is 0 Å². The van der Waals surface area contributed by atoms with Crippen LogP contribution in [0.15, 0.2) is 6.20 Å². The first-order valence-electron chi connectivity index (χ1n) is 4.09. The molecule has 17 heavy (non-hydrogen) atoms. The number of ether oxygens (including phenoxy) is 1. The van der Waals surface area contributed by atoms with Crippen molar-refractivity contribution in [1.29, 1.82) is 0 Å². The largest absolute Gasteiger partial charge is 0.465 e. The molecule has 1 rings (SSSR count). The number of esters is 1. The SMILES string of the molecule is COC(=O)c1c([N+](=O)[O-])cnc(F)c1C(F)F. The maximum atomic E-state index is 13.0. The highest BCUT2D eigenvalue weighted by molar-refractivity contribution is 5.95. The van der Waals surface area contributed by atoms with Crippen molar-refractivity contribution in [3.05, 3.63) is 33.4 Å². The Labute approximate surface area is 92.2 Å². The molecule has 0 aromatic carbocycles. The van der Waals surface area contributed by atoms with Crippen molar-refractivity contribution in [2.75, 3.05) is 7.11 Å². The van der Waals surface area contributed by atoms with Crippen LogP contribution >= 0.6 is 0 Å². The Kier molecular flexibility index (Phi) is 3.61. The molecule has 9 heteroatoms. The maximum Gasteiger partial charge on any atom is 0.345 e. The number of nitro groups is 1. The number of pyridine rings is 1. The third-order valence-corrected chi connectivity index (χ3v) is 1.85. The minimum absolute atomic E-state index is 0.382. The van der Waals surface area contributed by atoms with E-state index in [-0.39, 0.29) is 0 Å². The summed E-state index contributed by atoms with van der Waals surface area (Å²) < 4.78 is 42.2. The molecule has 6 nitrogen and oxygen atoms in total. The number of aromatic nitrogens is 1. The lowest BCUT2D eigenvalue weighted by Gasteiger charge is -2.07. The zero-order valence-corrected chi connectivity index (χ0v) is 8.32. The number of nitrogens with zero attached hydrogens (tertiary/aromatic N) is 2. The third kappa shape index (κ3) is 2.32. The molecule has 0 spiro atoms. The molecule has 0 N–H and O–H groups in total. The standard InChI is InChI=1S/C8H5F3N2O4/c1-17-8(14)4-3(13(15)16)2-12-7(11)5(4)6(9)10/h2,6H,1H3. The van der Waals surface area contributed by atoms with Gasteiger partial charge < -0.3 is 4.74 Å². The van der Waals surface area contributed by atoms with E-state index in [0.717, 1.165) is 7.11 Å². The molecule has 0 radical (unpaired) electrons. The van der Waals surface area contributed by atoms with E-state index >= 15 is 0 Å². The van der Waals surface area contributed by atoms with Crippen molar-refractivity contribution in [2.24, 2.45) is 0 Å². The smallest absolute Gasteiger partial charge is 0.345 e. The summed E-state index contributed by atoms with van der Waals surface area (Å²) in [5.41, 5.74) is -3.60. The Bertz CT molecular complexity index is 478. The van der Waals surface area contributed by atoms with Crippen LogP contribution in [-0.2, 0) is 4.74 Å². The van der Waals surface area contributed by atoms with Gasteiger partial charge in [-0.2, -0.15) is 4.39 Å². The van der Waals surface area contributed by atoms with Gasteiger partial charge in [0.25, 0.3) is 6.43 Å². The van der Waals surface area contributed by atoms with Crippen LogP contribution in [0.5, 0.6) is 0 Å². The molecule has 0 saturated heterocycles. The van der Waals surface area contributed by atoms with Crippen molar-refractivity contribution >= 4 is 11.7 Å². The van der Waals surface area contributed by atoms with Gasteiger partial charge in [0.05, 0.1) is 17.6 Å². The van der Waals surface area contributed by atoms with Gasteiger partial charge in [-0.15, -0.1) is 0 Å². The van der Waals surface area contributed by atoms with Crippen molar-refractivity contribution in [3.8, 4) is 0 Å². The quantitative estimate of drug-likeness (QED) is 0.354. The van der Waals surface area contributed by atoms with E-state index in [0.29, 0.717) is 6.20 Å². The van der Waals surface area contributed by atoms with Crippen LogP contribution in [-0.4, -0.2) is 23.0 Å². The van der Waals surface area contributed by atoms with E-state index in [2.05, 4.69) is 9.72 Å². The summed E-state index contributed by atoms with van der Waals surface area (Å²) in [7, 11) is 0.833. The third-order valence-electron chi connectivity index (χ3n) is 1.85. The Hall–Kier alpha value is -2.19. The maximum absolute atomic E-state index is 13.0. The first-order chi connectivity index (χ1) is 7.90. The highest BCUT2D eigenvalue weighted by atomic mass is 19.3. The average Bonchev–Trinajstić information content (AvgIpc) is 2.26. The minimum atomic E-state index is -3.42. The number of carbonyl (C=O) groups excluding carboxylic acids is 1. The molecule has 0 aliphatic heterocycles. The molecule has 1 aromatic rings. The summed E-state index contributed by atoms with van der Waals surface area (Å²) in [6.07, 6.45) is -3.04. The lowest BCUT2D eigenvalue weighted by molar-refractivity contribution is -0.385. The first-order valence-corrected chi connectivity index (χ1v) is 4.09. The van der Waals surface area contributed by atoms with Crippen LogP contribution in [0.25, 0.3) is 0 Å². The second kappa shape index (κ2) is 4.76. The Morgan fingerprint density at radius 2 is 2.18 bits per heavy atom. The topological polar surface area (TPSA) is 82.3 Å². The van der Waals surface area contributed by atoms with Gasteiger partial charge in [0.1, 0.15) is 6.20 Å². The molecule has 0 aliphatic carbocycles. The number of methoxy groups -OCH3 is 1. The van der Waals surface area contributed by atoms with Crippen molar-refractivity contribution in [2.45, 2.75) is 6.43 Å². The predicted molar refractivity (Wildman–Crippen MR) is 47.1 cm³/mol. The highest BCUT2D eigenvalue weighted by Gasteiger charge is 2.33. The number of hydrogen-bond acceptors (Lipinski definition) is 5. The number of alkyl halides is 2. The molecule has 0 amide bonds. The number of rotatable bonds is 3. The van der Waals surface area contributed by atoms with Crippen LogP contribution in [0.1, 0.15) is 22.3 Å². The molecule has 0 atom stereocenters.